The van der Waals surface area contributed by atoms with E-state index in [-0.39, 0.29) is 34.6 Å². The van der Waals surface area contributed by atoms with Crippen LogP contribution in [0.15, 0.2) is 12.4 Å². The molecule has 0 radical (unpaired) electrons. The van der Waals surface area contributed by atoms with Gasteiger partial charge in [0, 0.05) is 38.3 Å². The number of carbonyl (C=O) groups is 1. The molecule has 1 saturated heterocycles. The third kappa shape index (κ3) is 2.18. The van der Waals surface area contributed by atoms with Crippen LogP contribution in [0.1, 0.15) is 39.2 Å². The highest BCUT2D eigenvalue weighted by molar-refractivity contribution is 5.81. The van der Waals surface area contributed by atoms with Gasteiger partial charge in [-0.25, -0.2) is 0 Å². The molecule has 5 heteroatoms. The molecule has 2 atom stereocenters. The van der Waals surface area contributed by atoms with E-state index in [0.717, 1.165) is 18.7 Å². The Morgan fingerprint density at radius 2 is 2.00 bits per heavy atom. The first-order chi connectivity index (χ1) is 9.75. The Morgan fingerprint density at radius 1 is 1.33 bits per heavy atom. The molecule has 116 valence electrons. The number of carbonyl (C=O) groups excluding carboxylic acids is 1. The minimum Gasteiger partial charge on any atom is -0.352 e. The quantitative estimate of drug-likeness (QED) is 0.881. The maximum Gasteiger partial charge on any atom is 0.225 e. The summed E-state index contributed by atoms with van der Waals surface area (Å²) in [6.07, 6.45) is 3.89. The molecular weight excluding hydrogens is 264 g/mol. The van der Waals surface area contributed by atoms with E-state index in [1.165, 1.54) is 0 Å². The summed E-state index contributed by atoms with van der Waals surface area (Å²) in [5, 5.41) is 10.9. The van der Waals surface area contributed by atoms with Gasteiger partial charge >= 0.3 is 0 Å². The zero-order valence-corrected chi connectivity index (χ0v) is 13.6. The van der Waals surface area contributed by atoms with Gasteiger partial charge in [-0.3, -0.25) is 9.48 Å². The van der Waals surface area contributed by atoms with Crippen LogP contribution in [-0.4, -0.2) is 34.8 Å². The third-order valence-electron chi connectivity index (χ3n) is 6.01. The molecule has 2 fully saturated rings. The lowest BCUT2D eigenvalue weighted by Crippen LogP contribution is -2.38. The van der Waals surface area contributed by atoms with Gasteiger partial charge in [0.1, 0.15) is 0 Å². The van der Waals surface area contributed by atoms with Gasteiger partial charge in [0.2, 0.25) is 5.91 Å². The van der Waals surface area contributed by atoms with Crippen molar-refractivity contribution >= 4 is 5.91 Å². The van der Waals surface area contributed by atoms with Crippen LogP contribution in [0.2, 0.25) is 0 Å². The van der Waals surface area contributed by atoms with Crippen molar-refractivity contribution in [3.8, 4) is 0 Å². The standard InChI is InChI=1S/C16H26N4O/c1-15(2)14(16(15,3)4)19-13(21)12-8-17-7-11(12)10-6-18-20(5)9-10/h6,9,11-12,14,17H,7-8H2,1-5H3,(H,19,21)/t11-,12+/m1/s1. The number of amides is 1. The topological polar surface area (TPSA) is 59.0 Å². The minimum atomic E-state index is 0.00130. The summed E-state index contributed by atoms with van der Waals surface area (Å²) in [6.45, 7) is 10.5. The molecule has 0 bridgehead atoms. The molecule has 1 aromatic heterocycles. The molecule has 5 nitrogen and oxygen atoms in total. The number of aryl methyl sites for hydroxylation is 1. The number of rotatable bonds is 3. The van der Waals surface area contributed by atoms with Crippen molar-refractivity contribution in [1.82, 2.24) is 20.4 Å². The number of hydrogen-bond acceptors (Lipinski definition) is 3. The van der Waals surface area contributed by atoms with Gasteiger partial charge in [-0.15, -0.1) is 0 Å². The van der Waals surface area contributed by atoms with Crippen LogP contribution in [0.25, 0.3) is 0 Å². The summed E-state index contributed by atoms with van der Waals surface area (Å²) in [5.41, 5.74) is 1.51. The maximum absolute atomic E-state index is 12.7. The van der Waals surface area contributed by atoms with E-state index in [1.807, 2.05) is 19.4 Å². The van der Waals surface area contributed by atoms with Gasteiger partial charge in [-0.1, -0.05) is 27.7 Å². The van der Waals surface area contributed by atoms with Crippen LogP contribution in [0.4, 0.5) is 0 Å². The van der Waals surface area contributed by atoms with E-state index < -0.39 is 0 Å². The maximum atomic E-state index is 12.7. The van der Waals surface area contributed by atoms with Crippen molar-refractivity contribution < 1.29 is 4.79 Å². The average Bonchev–Trinajstić information content (AvgIpc) is 2.91. The average molecular weight is 290 g/mol. The SMILES string of the molecule is Cn1cc([C@H]2CNC[C@@H]2C(=O)NC2C(C)(C)C2(C)C)cn1. The third-order valence-corrected chi connectivity index (χ3v) is 6.01. The molecule has 21 heavy (non-hydrogen) atoms. The Balaban J connectivity index is 1.70. The van der Waals surface area contributed by atoms with Crippen molar-refractivity contribution in [3.05, 3.63) is 18.0 Å². The van der Waals surface area contributed by atoms with Crippen molar-refractivity contribution in [1.29, 1.82) is 0 Å². The van der Waals surface area contributed by atoms with Crippen molar-refractivity contribution in [2.45, 2.75) is 39.7 Å². The fourth-order valence-electron chi connectivity index (χ4n) is 3.74. The fourth-order valence-corrected chi connectivity index (χ4v) is 3.74. The Morgan fingerprint density at radius 3 is 2.52 bits per heavy atom. The lowest BCUT2D eigenvalue weighted by molar-refractivity contribution is -0.125. The smallest absolute Gasteiger partial charge is 0.225 e. The fraction of sp³-hybridized carbons (Fsp3) is 0.750. The lowest BCUT2D eigenvalue weighted by Gasteiger charge is -2.18. The van der Waals surface area contributed by atoms with Crippen molar-refractivity contribution in [3.63, 3.8) is 0 Å². The Hall–Kier alpha value is -1.36. The largest absolute Gasteiger partial charge is 0.352 e. The van der Waals surface area contributed by atoms with Crippen LogP contribution in [0, 0.1) is 16.7 Å². The Kier molecular flexibility index (Phi) is 3.17. The van der Waals surface area contributed by atoms with Gasteiger partial charge in [-0.2, -0.15) is 5.10 Å². The number of nitrogens with one attached hydrogen (secondary N) is 2. The summed E-state index contributed by atoms with van der Waals surface area (Å²) in [6, 6.07) is 0.271. The van der Waals surface area contributed by atoms with Gasteiger partial charge in [0.05, 0.1) is 12.1 Å². The van der Waals surface area contributed by atoms with E-state index in [9.17, 15) is 4.79 Å². The van der Waals surface area contributed by atoms with Crippen LogP contribution in [-0.2, 0) is 11.8 Å². The Labute approximate surface area is 126 Å². The van der Waals surface area contributed by atoms with Crippen molar-refractivity contribution in [2.75, 3.05) is 13.1 Å². The summed E-state index contributed by atoms with van der Waals surface area (Å²) >= 11 is 0. The molecule has 3 rings (SSSR count). The van der Waals surface area contributed by atoms with Crippen LogP contribution >= 0.6 is 0 Å². The molecule has 1 saturated carbocycles. The second-order valence-corrected chi connectivity index (χ2v) is 7.70. The summed E-state index contributed by atoms with van der Waals surface area (Å²) < 4.78 is 1.80. The van der Waals surface area contributed by atoms with Gasteiger partial charge < -0.3 is 10.6 Å². The first-order valence-electron chi connectivity index (χ1n) is 7.75. The highest BCUT2D eigenvalue weighted by Crippen LogP contribution is 2.62. The van der Waals surface area contributed by atoms with E-state index in [0.29, 0.717) is 0 Å². The molecule has 0 aromatic carbocycles. The van der Waals surface area contributed by atoms with Crippen LogP contribution in [0.5, 0.6) is 0 Å². The predicted molar refractivity (Wildman–Crippen MR) is 81.8 cm³/mol. The molecule has 2 aliphatic rings. The van der Waals surface area contributed by atoms with Crippen molar-refractivity contribution in [2.24, 2.45) is 23.8 Å². The first kappa shape index (κ1) is 14.6. The normalized spacial score (nSPS) is 30.3. The summed E-state index contributed by atoms with van der Waals surface area (Å²) in [4.78, 5) is 12.7. The molecule has 0 spiro atoms. The van der Waals surface area contributed by atoms with Crippen LogP contribution in [0.3, 0.4) is 0 Å². The van der Waals surface area contributed by atoms with E-state index in [4.69, 9.17) is 0 Å². The molecule has 2 N–H and O–H groups in total. The number of aromatic nitrogens is 2. The highest BCUT2D eigenvalue weighted by Gasteiger charge is 2.65. The van der Waals surface area contributed by atoms with E-state index in [2.05, 4.69) is 43.4 Å². The molecule has 1 aliphatic carbocycles. The lowest BCUT2D eigenvalue weighted by atomic mass is 9.90. The van der Waals surface area contributed by atoms with E-state index >= 15 is 0 Å². The molecule has 2 heterocycles. The summed E-state index contributed by atoms with van der Waals surface area (Å²) in [5.74, 6) is 0.405. The zero-order chi connectivity index (χ0) is 15.4. The number of hydrogen-bond donors (Lipinski definition) is 2. The second-order valence-electron chi connectivity index (χ2n) is 7.70. The first-order valence-corrected chi connectivity index (χ1v) is 7.75. The minimum absolute atomic E-state index is 0.00130. The second kappa shape index (κ2) is 4.57. The Bertz CT molecular complexity index is 546. The predicted octanol–water partition coefficient (Wildman–Crippen LogP) is 1.27. The molecule has 0 unspecified atom stereocenters. The molecule has 1 amide bonds. The van der Waals surface area contributed by atoms with Gasteiger partial charge in [0.25, 0.3) is 0 Å². The molecule has 1 aliphatic heterocycles. The monoisotopic (exact) mass is 290 g/mol. The zero-order valence-electron chi connectivity index (χ0n) is 13.6. The molecular formula is C16H26N4O. The summed E-state index contributed by atoms with van der Waals surface area (Å²) in [7, 11) is 1.91. The number of nitrogens with zero attached hydrogens (tertiary/aromatic N) is 2. The molecule has 1 aromatic rings. The van der Waals surface area contributed by atoms with Gasteiger partial charge in [0.15, 0.2) is 0 Å². The van der Waals surface area contributed by atoms with Crippen LogP contribution < -0.4 is 10.6 Å². The van der Waals surface area contributed by atoms with Gasteiger partial charge in [-0.05, 0) is 16.4 Å². The van der Waals surface area contributed by atoms with E-state index in [1.54, 1.807) is 4.68 Å². The highest BCUT2D eigenvalue weighted by atomic mass is 16.2.